The van der Waals surface area contributed by atoms with Gasteiger partial charge >= 0.3 is 0 Å². The van der Waals surface area contributed by atoms with Gasteiger partial charge in [0.2, 0.25) is 0 Å². The van der Waals surface area contributed by atoms with Gasteiger partial charge in [-0.25, -0.2) is 0 Å². The van der Waals surface area contributed by atoms with Gasteiger partial charge in [-0.2, -0.15) is 0 Å². The van der Waals surface area contributed by atoms with Gasteiger partial charge in [0, 0.05) is 21.9 Å². The van der Waals surface area contributed by atoms with Crippen molar-refractivity contribution in [3.63, 3.8) is 0 Å². The summed E-state index contributed by atoms with van der Waals surface area (Å²) in [6.07, 6.45) is 19.1. The molecule has 2 heteroatoms. The summed E-state index contributed by atoms with van der Waals surface area (Å²) in [7, 11) is 0. The van der Waals surface area contributed by atoms with E-state index in [1.54, 1.807) is 11.1 Å². The highest BCUT2D eigenvalue weighted by molar-refractivity contribution is 6.31. The second kappa shape index (κ2) is 7.75. The highest BCUT2D eigenvalue weighted by Crippen LogP contribution is 2.55. The fourth-order valence-electron chi connectivity index (χ4n) is 5.93. The zero-order valence-electron chi connectivity index (χ0n) is 15.0. The van der Waals surface area contributed by atoms with E-state index in [4.69, 9.17) is 23.2 Å². The minimum absolute atomic E-state index is 0.710. The summed E-state index contributed by atoms with van der Waals surface area (Å²) in [6, 6.07) is 0. The first-order valence-electron chi connectivity index (χ1n) is 10.5. The lowest BCUT2D eigenvalue weighted by atomic mass is 9.64. The predicted octanol–water partition coefficient (Wildman–Crippen LogP) is 7.95. The summed E-state index contributed by atoms with van der Waals surface area (Å²) in [5.74, 6) is 3.04. The largest absolute Gasteiger partial charge is 0.0889 e. The Kier molecular flexibility index (Phi) is 5.64. The molecule has 0 nitrogen and oxygen atoms in total. The van der Waals surface area contributed by atoms with Crippen LogP contribution >= 0.6 is 23.2 Å². The van der Waals surface area contributed by atoms with Crippen molar-refractivity contribution in [3.8, 4) is 0 Å². The first kappa shape index (κ1) is 17.5. The Morgan fingerprint density at radius 1 is 0.500 bits per heavy atom. The molecule has 134 valence electrons. The molecule has 0 saturated heterocycles. The van der Waals surface area contributed by atoms with Gasteiger partial charge < -0.3 is 0 Å². The minimum Gasteiger partial charge on any atom is -0.0889 e. The van der Waals surface area contributed by atoms with Crippen molar-refractivity contribution < 1.29 is 0 Å². The van der Waals surface area contributed by atoms with Crippen LogP contribution in [-0.2, 0) is 0 Å². The van der Waals surface area contributed by atoms with Gasteiger partial charge in [-0.3, -0.25) is 0 Å². The van der Waals surface area contributed by atoms with Gasteiger partial charge in [-0.1, -0.05) is 85.7 Å². The molecule has 0 aromatic heterocycles. The van der Waals surface area contributed by atoms with Gasteiger partial charge in [0.25, 0.3) is 0 Å². The first-order valence-corrected chi connectivity index (χ1v) is 11.3. The summed E-state index contributed by atoms with van der Waals surface area (Å²) in [5.41, 5.74) is 3.21. The number of fused-ring (bicyclic) bond motifs is 2. The lowest BCUT2D eigenvalue weighted by Crippen LogP contribution is -2.32. The van der Waals surface area contributed by atoms with Crippen LogP contribution in [0.25, 0.3) is 0 Å². The van der Waals surface area contributed by atoms with E-state index < -0.39 is 0 Å². The van der Waals surface area contributed by atoms with E-state index in [0.29, 0.717) is 11.8 Å². The van der Waals surface area contributed by atoms with Crippen LogP contribution in [0.1, 0.15) is 89.9 Å². The summed E-state index contributed by atoms with van der Waals surface area (Å²) >= 11 is 13.4. The number of halogens is 2. The molecule has 0 heterocycles. The van der Waals surface area contributed by atoms with E-state index >= 15 is 0 Å². The minimum atomic E-state index is 0.710. The van der Waals surface area contributed by atoms with Crippen LogP contribution in [0.2, 0.25) is 0 Å². The van der Waals surface area contributed by atoms with Crippen molar-refractivity contribution in [2.45, 2.75) is 89.9 Å². The Morgan fingerprint density at radius 3 is 1.21 bits per heavy atom. The SMILES string of the molecule is ClC1=C(CCC2=C(Cl)C3CCCCCCC23)C2CCCCCCC12. The highest BCUT2D eigenvalue weighted by atomic mass is 35.5. The smallest absolute Gasteiger partial charge is 0.0213 e. The quantitative estimate of drug-likeness (QED) is 0.475. The topological polar surface area (TPSA) is 0 Å². The van der Waals surface area contributed by atoms with Crippen molar-refractivity contribution >= 4 is 23.2 Å². The van der Waals surface area contributed by atoms with Crippen LogP contribution in [-0.4, -0.2) is 0 Å². The number of hydrogen-bond acceptors (Lipinski definition) is 0. The molecular formula is C22H32Cl2. The Morgan fingerprint density at radius 2 is 0.833 bits per heavy atom. The van der Waals surface area contributed by atoms with E-state index in [1.807, 2.05) is 0 Å². The maximum absolute atomic E-state index is 6.71. The highest BCUT2D eigenvalue weighted by Gasteiger charge is 2.41. The second-order valence-electron chi connectivity index (χ2n) is 8.66. The standard InChI is InChI=1S/C22H32Cl2/c23-21-17-11-7-3-1-5-9-15(17)19(21)13-14-20-16-10-6-2-4-8-12-18(16)22(20)24/h15-18H,1-14H2. The third kappa shape index (κ3) is 3.23. The van der Waals surface area contributed by atoms with Crippen LogP contribution in [0.3, 0.4) is 0 Å². The molecule has 0 aromatic rings. The predicted molar refractivity (Wildman–Crippen MR) is 104 cm³/mol. The molecule has 4 rings (SSSR count). The van der Waals surface area contributed by atoms with Gasteiger partial charge in [0.05, 0.1) is 0 Å². The first-order chi connectivity index (χ1) is 11.8. The van der Waals surface area contributed by atoms with E-state index in [1.165, 1.54) is 100.0 Å². The zero-order valence-corrected chi connectivity index (χ0v) is 16.5. The molecular weight excluding hydrogens is 335 g/mol. The van der Waals surface area contributed by atoms with Crippen molar-refractivity contribution in [3.05, 3.63) is 21.2 Å². The third-order valence-electron chi connectivity index (χ3n) is 7.36. The molecule has 0 amide bonds. The Balaban J connectivity index is 1.39. The molecule has 4 unspecified atom stereocenters. The van der Waals surface area contributed by atoms with Crippen molar-refractivity contribution in [1.29, 1.82) is 0 Å². The third-order valence-corrected chi connectivity index (χ3v) is 8.40. The number of allylic oxidation sites excluding steroid dienone is 4. The van der Waals surface area contributed by atoms with E-state index in [0.717, 1.165) is 11.8 Å². The molecule has 0 radical (unpaired) electrons. The fourth-order valence-corrected chi connectivity index (χ4v) is 6.92. The fraction of sp³-hybridized carbons (Fsp3) is 0.818. The molecule has 4 aliphatic rings. The van der Waals surface area contributed by atoms with Crippen LogP contribution < -0.4 is 0 Å². The van der Waals surface area contributed by atoms with Gasteiger partial charge in [-0.05, 0) is 50.4 Å². The Bertz CT molecular complexity index is 482. The van der Waals surface area contributed by atoms with E-state index in [-0.39, 0.29) is 0 Å². The van der Waals surface area contributed by atoms with Crippen molar-refractivity contribution in [1.82, 2.24) is 0 Å². The molecule has 0 aliphatic heterocycles. The summed E-state index contributed by atoms with van der Waals surface area (Å²) in [4.78, 5) is 0. The summed E-state index contributed by atoms with van der Waals surface area (Å²) in [6.45, 7) is 0. The Labute approximate surface area is 158 Å². The molecule has 0 aromatic carbocycles. The number of rotatable bonds is 3. The molecule has 0 N–H and O–H groups in total. The normalized spacial score (nSPS) is 37.2. The Hall–Kier alpha value is 0.0600. The molecule has 0 bridgehead atoms. The van der Waals surface area contributed by atoms with Gasteiger partial charge in [-0.15, -0.1) is 0 Å². The van der Waals surface area contributed by atoms with Crippen molar-refractivity contribution in [2.75, 3.05) is 0 Å². The van der Waals surface area contributed by atoms with Gasteiger partial charge in [0.15, 0.2) is 0 Å². The van der Waals surface area contributed by atoms with Crippen molar-refractivity contribution in [2.24, 2.45) is 23.7 Å². The van der Waals surface area contributed by atoms with Crippen LogP contribution in [0.5, 0.6) is 0 Å². The maximum atomic E-state index is 6.71. The van der Waals surface area contributed by atoms with E-state index in [9.17, 15) is 0 Å². The lowest BCUT2D eigenvalue weighted by molar-refractivity contribution is 0.277. The lowest BCUT2D eigenvalue weighted by Gasteiger charge is -2.44. The van der Waals surface area contributed by atoms with Gasteiger partial charge in [0.1, 0.15) is 0 Å². The molecule has 24 heavy (non-hydrogen) atoms. The van der Waals surface area contributed by atoms with Crippen LogP contribution in [0.15, 0.2) is 21.2 Å². The molecule has 4 aliphatic carbocycles. The molecule has 0 spiro atoms. The molecule has 4 atom stereocenters. The average Bonchev–Trinajstić information content (AvgIpc) is 2.54. The zero-order chi connectivity index (χ0) is 16.5. The van der Waals surface area contributed by atoms with Crippen LogP contribution in [0, 0.1) is 23.7 Å². The van der Waals surface area contributed by atoms with E-state index in [2.05, 4.69) is 0 Å². The average molecular weight is 367 g/mol. The second-order valence-corrected chi connectivity index (χ2v) is 9.47. The molecule has 2 saturated carbocycles. The van der Waals surface area contributed by atoms with Crippen LogP contribution in [0.4, 0.5) is 0 Å². The monoisotopic (exact) mass is 366 g/mol. The number of hydrogen-bond donors (Lipinski definition) is 0. The summed E-state index contributed by atoms with van der Waals surface area (Å²) < 4.78 is 0. The summed E-state index contributed by atoms with van der Waals surface area (Å²) in [5, 5.41) is 2.49. The maximum Gasteiger partial charge on any atom is 0.0213 e. The molecule has 2 fully saturated rings.